The first-order valence-electron chi connectivity index (χ1n) is 8.49. The van der Waals surface area contributed by atoms with E-state index in [0.717, 1.165) is 5.46 Å². The van der Waals surface area contributed by atoms with Crippen molar-refractivity contribution in [1.29, 1.82) is 0 Å². The summed E-state index contributed by atoms with van der Waals surface area (Å²) in [4.78, 5) is 14.4. The van der Waals surface area contributed by atoms with Gasteiger partial charge in [-0.15, -0.1) is 0 Å². The molecule has 0 saturated carbocycles. The summed E-state index contributed by atoms with van der Waals surface area (Å²) in [5, 5.41) is 0. The Bertz CT molecular complexity index is 595. The molecule has 1 amide bonds. The molecular formula is C18H28BNO4. The molecule has 132 valence electrons. The lowest BCUT2D eigenvalue weighted by Crippen LogP contribution is -2.41. The van der Waals surface area contributed by atoms with Crippen LogP contribution in [0.25, 0.3) is 0 Å². The van der Waals surface area contributed by atoms with Gasteiger partial charge < -0.3 is 18.9 Å². The van der Waals surface area contributed by atoms with Gasteiger partial charge in [0, 0.05) is 13.1 Å². The number of hydrogen-bond donors (Lipinski definition) is 0. The summed E-state index contributed by atoms with van der Waals surface area (Å²) in [5.41, 5.74) is 0.601. The van der Waals surface area contributed by atoms with Crippen LogP contribution in [0.4, 0.5) is 0 Å². The maximum Gasteiger partial charge on any atom is 0.494 e. The molecule has 1 fully saturated rings. The van der Waals surface area contributed by atoms with E-state index in [-0.39, 0.29) is 5.91 Å². The molecule has 1 aliphatic heterocycles. The number of rotatable bonds is 5. The van der Waals surface area contributed by atoms with Crippen LogP contribution in [0, 0.1) is 0 Å². The minimum Gasteiger partial charge on any atom is -0.496 e. The van der Waals surface area contributed by atoms with E-state index in [1.807, 2.05) is 53.7 Å². The average Bonchev–Trinajstić information content (AvgIpc) is 2.75. The van der Waals surface area contributed by atoms with Crippen LogP contribution in [0.2, 0.25) is 0 Å². The fraction of sp³-hybridized carbons (Fsp3) is 0.611. The minimum absolute atomic E-state index is 0.0303. The van der Waals surface area contributed by atoms with E-state index in [9.17, 15) is 4.79 Å². The lowest BCUT2D eigenvalue weighted by molar-refractivity contribution is 0.00578. The van der Waals surface area contributed by atoms with E-state index >= 15 is 0 Å². The summed E-state index contributed by atoms with van der Waals surface area (Å²) in [5.74, 6) is 0.511. The van der Waals surface area contributed by atoms with Gasteiger partial charge in [-0.1, -0.05) is 6.07 Å². The van der Waals surface area contributed by atoms with Crippen LogP contribution < -0.4 is 10.2 Å². The molecule has 6 heteroatoms. The van der Waals surface area contributed by atoms with E-state index in [0.29, 0.717) is 24.4 Å². The molecule has 0 aromatic heterocycles. The highest BCUT2D eigenvalue weighted by Gasteiger charge is 2.51. The van der Waals surface area contributed by atoms with Crippen molar-refractivity contribution < 1.29 is 18.8 Å². The summed E-state index contributed by atoms with van der Waals surface area (Å²) in [7, 11) is 1.10. The standard InChI is InChI=1S/C18H28BNO4/c1-8-20(9-2)16(21)14-11-10-13(12-15(14)22-7)19-23-17(3,4)18(5,6)24-19/h10-12H,8-9H2,1-7H3. The molecular weight excluding hydrogens is 305 g/mol. The first-order chi connectivity index (χ1) is 11.2. The number of carbonyl (C=O) groups excluding carboxylic acids is 1. The zero-order valence-electron chi connectivity index (χ0n) is 15.8. The lowest BCUT2D eigenvalue weighted by atomic mass is 9.78. The van der Waals surface area contributed by atoms with E-state index in [1.54, 1.807) is 18.1 Å². The molecule has 0 radical (unpaired) electrons. The third-order valence-electron chi connectivity index (χ3n) is 5.03. The predicted molar refractivity (Wildman–Crippen MR) is 96.0 cm³/mol. The first kappa shape index (κ1) is 18.8. The smallest absolute Gasteiger partial charge is 0.494 e. The molecule has 1 heterocycles. The van der Waals surface area contributed by atoms with Gasteiger partial charge in [0.1, 0.15) is 5.75 Å². The average molecular weight is 333 g/mol. The fourth-order valence-electron chi connectivity index (χ4n) is 2.69. The summed E-state index contributed by atoms with van der Waals surface area (Å²) in [6, 6.07) is 5.50. The van der Waals surface area contributed by atoms with Gasteiger partial charge in [0.25, 0.3) is 5.91 Å². The van der Waals surface area contributed by atoms with Gasteiger partial charge in [0.2, 0.25) is 0 Å². The van der Waals surface area contributed by atoms with Crippen LogP contribution >= 0.6 is 0 Å². The maximum atomic E-state index is 12.6. The van der Waals surface area contributed by atoms with Gasteiger partial charge in [0.15, 0.2) is 0 Å². The second kappa shape index (κ2) is 6.77. The second-order valence-electron chi connectivity index (χ2n) is 7.03. The van der Waals surface area contributed by atoms with Crippen molar-refractivity contribution in [3.8, 4) is 5.75 Å². The Kier molecular flexibility index (Phi) is 5.30. The van der Waals surface area contributed by atoms with Crippen LogP contribution in [0.15, 0.2) is 18.2 Å². The van der Waals surface area contributed by atoms with E-state index in [1.165, 1.54) is 0 Å². The van der Waals surface area contributed by atoms with Gasteiger partial charge in [0.05, 0.1) is 23.9 Å². The van der Waals surface area contributed by atoms with Gasteiger partial charge in [-0.25, -0.2) is 0 Å². The summed E-state index contributed by atoms with van der Waals surface area (Å²) >= 11 is 0. The molecule has 0 aliphatic carbocycles. The Balaban J connectivity index is 2.32. The molecule has 0 N–H and O–H groups in total. The highest BCUT2D eigenvalue weighted by Crippen LogP contribution is 2.36. The van der Waals surface area contributed by atoms with Gasteiger partial charge >= 0.3 is 7.12 Å². The van der Waals surface area contributed by atoms with Crippen molar-refractivity contribution in [2.24, 2.45) is 0 Å². The third-order valence-corrected chi connectivity index (χ3v) is 5.03. The van der Waals surface area contributed by atoms with Crippen molar-refractivity contribution in [3.63, 3.8) is 0 Å². The zero-order valence-corrected chi connectivity index (χ0v) is 15.8. The monoisotopic (exact) mass is 333 g/mol. The fourth-order valence-corrected chi connectivity index (χ4v) is 2.69. The summed E-state index contributed by atoms with van der Waals surface area (Å²) < 4.78 is 17.6. The van der Waals surface area contributed by atoms with Crippen molar-refractivity contribution in [2.45, 2.75) is 52.7 Å². The predicted octanol–water partition coefficient (Wildman–Crippen LogP) is 2.48. The zero-order chi connectivity index (χ0) is 18.1. The molecule has 1 aliphatic rings. The minimum atomic E-state index is -0.471. The molecule has 0 atom stereocenters. The molecule has 1 aromatic rings. The van der Waals surface area contributed by atoms with E-state index in [4.69, 9.17) is 14.0 Å². The number of hydrogen-bond acceptors (Lipinski definition) is 4. The molecule has 2 rings (SSSR count). The van der Waals surface area contributed by atoms with Crippen LogP contribution in [-0.4, -0.2) is 49.3 Å². The normalized spacial score (nSPS) is 18.5. The first-order valence-corrected chi connectivity index (χ1v) is 8.49. The Morgan fingerprint density at radius 1 is 1.12 bits per heavy atom. The van der Waals surface area contributed by atoms with Crippen LogP contribution in [-0.2, 0) is 9.31 Å². The Morgan fingerprint density at radius 2 is 1.67 bits per heavy atom. The molecule has 5 nitrogen and oxygen atoms in total. The topological polar surface area (TPSA) is 48.0 Å². The largest absolute Gasteiger partial charge is 0.496 e. The molecule has 1 saturated heterocycles. The van der Waals surface area contributed by atoms with Gasteiger partial charge in [-0.2, -0.15) is 0 Å². The highest BCUT2D eigenvalue weighted by atomic mass is 16.7. The number of benzene rings is 1. The van der Waals surface area contributed by atoms with Gasteiger partial charge in [-0.05, 0) is 59.1 Å². The van der Waals surface area contributed by atoms with Gasteiger partial charge in [-0.3, -0.25) is 4.79 Å². The summed E-state index contributed by atoms with van der Waals surface area (Å²) in [6.07, 6.45) is 0. The van der Waals surface area contributed by atoms with Crippen molar-refractivity contribution >= 4 is 18.5 Å². The number of carbonyl (C=O) groups is 1. The highest BCUT2D eigenvalue weighted by molar-refractivity contribution is 6.62. The van der Waals surface area contributed by atoms with Crippen molar-refractivity contribution in [2.75, 3.05) is 20.2 Å². The van der Waals surface area contributed by atoms with Crippen LogP contribution in [0.5, 0.6) is 5.75 Å². The van der Waals surface area contributed by atoms with Crippen LogP contribution in [0.1, 0.15) is 51.9 Å². The van der Waals surface area contributed by atoms with Crippen molar-refractivity contribution in [3.05, 3.63) is 23.8 Å². The number of ether oxygens (including phenoxy) is 1. The summed E-state index contributed by atoms with van der Waals surface area (Å²) in [6.45, 7) is 13.3. The molecule has 0 bridgehead atoms. The third kappa shape index (κ3) is 3.30. The SMILES string of the molecule is CCN(CC)C(=O)c1ccc(B2OC(C)(C)C(C)(C)O2)cc1OC. The number of nitrogens with zero attached hydrogens (tertiary/aromatic N) is 1. The van der Waals surface area contributed by atoms with Crippen LogP contribution in [0.3, 0.4) is 0 Å². The Labute approximate surface area is 145 Å². The lowest BCUT2D eigenvalue weighted by Gasteiger charge is -2.32. The number of methoxy groups -OCH3 is 1. The molecule has 0 spiro atoms. The molecule has 24 heavy (non-hydrogen) atoms. The molecule has 1 aromatic carbocycles. The Morgan fingerprint density at radius 3 is 2.12 bits per heavy atom. The van der Waals surface area contributed by atoms with E-state index in [2.05, 4.69) is 0 Å². The van der Waals surface area contributed by atoms with Crippen molar-refractivity contribution in [1.82, 2.24) is 4.90 Å². The Hall–Kier alpha value is -1.53. The molecule has 0 unspecified atom stereocenters. The van der Waals surface area contributed by atoms with E-state index < -0.39 is 18.3 Å². The maximum absolute atomic E-state index is 12.6. The number of amides is 1. The second-order valence-corrected chi connectivity index (χ2v) is 7.03. The quantitative estimate of drug-likeness (QED) is 0.777.